The summed E-state index contributed by atoms with van der Waals surface area (Å²) < 4.78 is 4.45. The van der Waals surface area contributed by atoms with E-state index in [9.17, 15) is 19.5 Å². The van der Waals surface area contributed by atoms with Gasteiger partial charge in [0.25, 0.3) is 0 Å². The van der Waals surface area contributed by atoms with E-state index in [4.69, 9.17) is 0 Å². The van der Waals surface area contributed by atoms with Gasteiger partial charge < -0.3 is 15.2 Å². The van der Waals surface area contributed by atoms with Crippen LogP contribution in [-0.4, -0.2) is 35.9 Å². The van der Waals surface area contributed by atoms with Crippen LogP contribution in [0.25, 0.3) is 0 Å². The Labute approximate surface area is 123 Å². The predicted octanol–water partition coefficient (Wildman–Crippen LogP) is 0.962. The van der Waals surface area contributed by atoms with Crippen LogP contribution in [0.15, 0.2) is 24.3 Å². The number of amides is 1. The highest BCUT2D eigenvalue weighted by Gasteiger charge is 2.18. The zero-order chi connectivity index (χ0) is 15.8. The molecule has 0 saturated carbocycles. The van der Waals surface area contributed by atoms with Gasteiger partial charge in [0.2, 0.25) is 5.91 Å². The van der Waals surface area contributed by atoms with Crippen LogP contribution in [0.4, 0.5) is 0 Å². The summed E-state index contributed by atoms with van der Waals surface area (Å²) in [5.74, 6) is -0.878. The van der Waals surface area contributed by atoms with Gasteiger partial charge in [-0.2, -0.15) is 0 Å². The molecule has 0 aliphatic heterocycles. The van der Waals surface area contributed by atoms with Gasteiger partial charge in [0.1, 0.15) is 5.75 Å². The van der Waals surface area contributed by atoms with Crippen LogP contribution in [0.5, 0.6) is 5.75 Å². The van der Waals surface area contributed by atoms with Crippen molar-refractivity contribution in [3.05, 3.63) is 29.8 Å². The van der Waals surface area contributed by atoms with Crippen molar-refractivity contribution in [3.63, 3.8) is 0 Å². The van der Waals surface area contributed by atoms with Gasteiger partial charge in [-0.15, -0.1) is 0 Å². The fraction of sp³-hybridized carbons (Fsp3) is 0.400. The number of benzene rings is 1. The normalized spacial score (nSPS) is 11.5. The molecule has 1 aromatic rings. The molecule has 1 amide bonds. The molecule has 114 valence electrons. The fourth-order valence-electron chi connectivity index (χ4n) is 1.75. The third-order valence-corrected chi connectivity index (χ3v) is 2.99. The Kier molecular flexibility index (Phi) is 6.39. The van der Waals surface area contributed by atoms with Gasteiger partial charge in [-0.1, -0.05) is 12.1 Å². The molecule has 0 aromatic heterocycles. The molecular formula is C15H19NO5. The molecule has 1 unspecified atom stereocenters. The molecule has 1 atom stereocenters. The number of methoxy groups -OCH3 is 1. The zero-order valence-electron chi connectivity index (χ0n) is 12.1. The topological polar surface area (TPSA) is 92.7 Å². The smallest absolute Gasteiger partial charge is 0.306 e. The molecule has 0 fully saturated rings. The average Bonchev–Trinajstić information content (AvgIpc) is 2.46. The van der Waals surface area contributed by atoms with E-state index in [1.807, 2.05) is 0 Å². The zero-order valence-corrected chi connectivity index (χ0v) is 12.1. The van der Waals surface area contributed by atoms with Crippen LogP contribution in [-0.2, 0) is 25.5 Å². The molecular weight excluding hydrogens is 274 g/mol. The van der Waals surface area contributed by atoms with Gasteiger partial charge in [-0.25, -0.2) is 0 Å². The van der Waals surface area contributed by atoms with Crippen molar-refractivity contribution < 1.29 is 24.2 Å². The maximum Gasteiger partial charge on any atom is 0.306 e. The lowest BCUT2D eigenvalue weighted by molar-refractivity contribution is -0.142. The molecule has 1 rings (SSSR count). The Bertz CT molecular complexity index is 509. The molecule has 2 N–H and O–H groups in total. The predicted molar refractivity (Wildman–Crippen MR) is 75.7 cm³/mol. The minimum atomic E-state index is -0.653. The summed E-state index contributed by atoms with van der Waals surface area (Å²) in [7, 11) is 1.25. The van der Waals surface area contributed by atoms with E-state index in [1.165, 1.54) is 26.2 Å². The van der Waals surface area contributed by atoms with Crippen LogP contribution < -0.4 is 5.32 Å². The largest absolute Gasteiger partial charge is 0.508 e. The Morgan fingerprint density at radius 2 is 1.81 bits per heavy atom. The number of phenolic OH excluding ortho intramolecular Hbond substituents is 1. The molecule has 0 saturated heterocycles. The average molecular weight is 293 g/mol. The van der Waals surface area contributed by atoms with E-state index >= 15 is 0 Å². The minimum Gasteiger partial charge on any atom is -0.508 e. The summed E-state index contributed by atoms with van der Waals surface area (Å²) in [5.41, 5.74) is 0.821. The van der Waals surface area contributed by atoms with Crippen molar-refractivity contribution in [2.45, 2.75) is 32.2 Å². The van der Waals surface area contributed by atoms with Crippen LogP contribution in [0.3, 0.4) is 0 Å². The molecule has 0 aliphatic rings. The molecule has 0 spiro atoms. The van der Waals surface area contributed by atoms with E-state index in [2.05, 4.69) is 10.1 Å². The number of aromatic hydroxyl groups is 1. The second-order valence-electron chi connectivity index (χ2n) is 4.68. The first-order chi connectivity index (χ1) is 9.92. The molecule has 0 heterocycles. The van der Waals surface area contributed by atoms with Crippen molar-refractivity contribution in [1.29, 1.82) is 0 Å². The van der Waals surface area contributed by atoms with Crippen molar-refractivity contribution in [2.24, 2.45) is 0 Å². The van der Waals surface area contributed by atoms with Gasteiger partial charge in [-0.05, 0) is 31.0 Å². The van der Waals surface area contributed by atoms with E-state index in [-0.39, 0.29) is 30.3 Å². The number of hydrogen-bond donors (Lipinski definition) is 2. The highest BCUT2D eigenvalue weighted by Crippen LogP contribution is 2.11. The van der Waals surface area contributed by atoms with E-state index in [1.54, 1.807) is 12.1 Å². The molecule has 21 heavy (non-hydrogen) atoms. The number of nitrogens with one attached hydrogen (secondary N) is 1. The highest BCUT2D eigenvalue weighted by atomic mass is 16.5. The first-order valence-electron chi connectivity index (χ1n) is 6.57. The lowest BCUT2D eigenvalue weighted by Gasteiger charge is -2.16. The van der Waals surface area contributed by atoms with E-state index < -0.39 is 12.0 Å². The highest BCUT2D eigenvalue weighted by molar-refractivity contribution is 5.88. The maximum absolute atomic E-state index is 11.7. The molecule has 6 nitrogen and oxygen atoms in total. The summed E-state index contributed by atoms with van der Waals surface area (Å²) in [6, 6.07) is 5.76. The Morgan fingerprint density at radius 1 is 1.19 bits per heavy atom. The Hall–Kier alpha value is -2.37. The Balaban J connectivity index is 2.57. The van der Waals surface area contributed by atoms with Crippen molar-refractivity contribution >= 4 is 17.7 Å². The number of Topliss-reactive ketones (excluding diaryl/α,β-unsaturated/α-hetero) is 1. The summed E-state index contributed by atoms with van der Waals surface area (Å²) in [5, 5.41) is 11.8. The molecule has 0 radical (unpaired) electrons. The number of ketones is 1. The van der Waals surface area contributed by atoms with Crippen molar-refractivity contribution in [3.8, 4) is 5.75 Å². The second kappa shape index (κ2) is 8.04. The van der Waals surface area contributed by atoms with Gasteiger partial charge in [0.05, 0.1) is 19.6 Å². The van der Waals surface area contributed by atoms with E-state index in [0.717, 1.165) is 5.56 Å². The van der Waals surface area contributed by atoms with Crippen LogP contribution in [0.2, 0.25) is 0 Å². The number of carbonyl (C=O) groups excluding carboxylic acids is 3. The van der Waals surface area contributed by atoms with Crippen molar-refractivity contribution in [2.75, 3.05) is 7.11 Å². The molecule has 1 aromatic carbocycles. The lowest BCUT2D eigenvalue weighted by atomic mass is 10.0. The number of phenols is 1. The minimum absolute atomic E-state index is 0.0217. The van der Waals surface area contributed by atoms with Gasteiger partial charge in [0, 0.05) is 6.42 Å². The number of hydrogen-bond acceptors (Lipinski definition) is 5. The molecule has 0 aliphatic carbocycles. The van der Waals surface area contributed by atoms with Crippen LogP contribution in [0.1, 0.15) is 25.3 Å². The van der Waals surface area contributed by atoms with Gasteiger partial charge >= 0.3 is 5.97 Å². The van der Waals surface area contributed by atoms with Crippen LogP contribution in [0, 0.1) is 0 Å². The monoisotopic (exact) mass is 293 g/mol. The summed E-state index contributed by atoms with van der Waals surface area (Å²) in [6.07, 6.45) is 0.289. The summed E-state index contributed by atoms with van der Waals surface area (Å²) >= 11 is 0. The number of carbonyl (C=O) groups is 3. The lowest BCUT2D eigenvalue weighted by Crippen LogP contribution is -2.41. The third kappa shape index (κ3) is 6.07. The third-order valence-electron chi connectivity index (χ3n) is 2.99. The van der Waals surface area contributed by atoms with Crippen molar-refractivity contribution in [1.82, 2.24) is 5.32 Å². The number of ether oxygens (including phenoxy) is 1. The van der Waals surface area contributed by atoms with Gasteiger partial charge in [-0.3, -0.25) is 14.4 Å². The quantitative estimate of drug-likeness (QED) is 0.730. The Morgan fingerprint density at radius 3 is 2.33 bits per heavy atom. The summed E-state index contributed by atoms with van der Waals surface area (Å²) in [6.45, 7) is 1.39. The first-order valence-corrected chi connectivity index (χ1v) is 6.57. The van der Waals surface area contributed by atoms with Gasteiger partial charge in [0.15, 0.2) is 5.78 Å². The fourth-order valence-corrected chi connectivity index (χ4v) is 1.75. The second-order valence-corrected chi connectivity index (χ2v) is 4.68. The number of rotatable bonds is 7. The van der Waals surface area contributed by atoms with Crippen LogP contribution >= 0.6 is 0 Å². The summed E-state index contributed by atoms with van der Waals surface area (Å²) in [4.78, 5) is 34.3. The molecule has 6 heteroatoms. The SMILES string of the molecule is COC(=O)CCC(=O)NC(Cc1ccc(O)cc1)C(C)=O. The first kappa shape index (κ1) is 16.7. The van der Waals surface area contributed by atoms with E-state index in [0.29, 0.717) is 6.42 Å². The maximum atomic E-state index is 11.7. The standard InChI is InChI=1S/C15H19NO5/c1-10(17)13(9-11-3-5-12(18)6-4-11)16-14(19)7-8-15(20)21-2/h3-6,13,18H,7-9H2,1-2H3,(H,16,19). The number of esters is 1. The molecule has 0 bridgehead atoms.